The molecule has 0 N–H and O–H groups in total. The van der Waals surface area contributed by atoms with Gasteiger partial charge in [0.15, 0.2) is 46.5 Å². The maximum Gasteiger partial charge on any atom is 0.200 e. The summed E-state index contributed by atoms with van der Waals surface area (Å²) in [5, 5.41) is 1.83. The summed E-state index contributed by atoms with van der Waals surface area (Å²) in [6, 6.07) is 22.5. The number of hydrogen-bond donors (Lipinski definition) is 0. The molecule has 6 aromatic carbocycles. The number of halogens is 10. The van der Waals surface area contributed by atoms with Crippen molar-refractivity contribution in [2.24, 2.45) is 0 Å². The average molecular weight is 707 g/mol. The molecule has 8 rings (SSSR count). The summed E-state index contributed by atoms with van der Waals surface area (Å²) in [7, 11) is 0. The summed E-state index contributed by atoms with van der Waals surface area (Å²) in [5.41, 5.74) is -1.07. The molecule has 2 aromatic heterocycles. The number of hydrogen-bond acceptors (Lipinski definition) is 0. The van der Waals surface area contributed by atoms with Gasteiger partial charge in [-0.2, -0.15) is 0 Å². The second-order valence-corrected chi connectivity index (χ2v) is 12.6. The zero-order valence-electron chi connectivity index (χ0n) is 26.3. The zero-order chi connectivity index (χ0) is 36.3. The first-order valence-corrected chi connectivity index (χ1v) is 15.4. The van der Waals surface area contributed by atoms with E-state index in [9.17, 15) is 26.3 Å². The lowest BCUT2D eigenvalue weighted by atomic mass is 9.77. The lowest BCUT2D eigenvalue weighted by Gasteiger charge is -2.27. The number of rotatable bonds is 4. The van der Waals surface area contributed by atoms with E-state index in [0.29, 0.717) is 32.7 Å². The quantitative estimate of drug-likeness (QED) is 0.0980. The van der Waals surface area contributed by atoms with E-state index in [4.69, 9.17) is 0 Å². The summed E-state index contributed by atoms with van der Waals surface area (Å²) in [4.78, 5) is 0. The Hall–Kier alpha value is -5.78. The third-order valence-electron chi connectivity index (χ3n) is 9.61. The summed E-state index contributed by atoms with van der Waals surface area (Å²) in [6.45, 7) is 3.73. The van der Waals surface area contributed by atoms with Crippen molar-refractivity contribution in [3.8, 4) is 11.4 Å². The van der Waals surface area contributed by atoms with Gasteiger partial charge in [0.1, 0.15) is 11.4 Å². The highest BCUT2D eigenvalue weighted by atomic mass is 19.2. The van der Waals surface area contributed by atoms with E-state index in [0.717, 1.165) is 9.13 Å². The minimum atomic E-state index is -2.27. The van der Waals surface area contributed by atoms with Crippen molar-refractivity contribution in [1.82, 2.24) is 9.13 Å². The van der Waals surface area contributed by atoms with Crippen LogP contribution < -0.4 is 0 Å². The van der Waals surface area contributed by atoms with Crippen molar-refractivity contribution < 1.29 is 43.9 Å². The van der Waals surface area contributed by atoms with Crippen molar-refractivity contribution in [2.45, 2.75) is 19.3 Å². The molecule has 0 saturated carbocycles. The smallest absolute Gasteiger partial charge is 0.200 e. The average Bonchev–Trinajstić information content (AvgIpc) is 3.64. The fourth-order valence-electron chi connectivity index (χ4n) is 6.95. The number of nitrogens with zero attached hydrogens (tertiary/aromatic N) is 2. The van der Waals surface area contributed by atoms with E-state index in [2.05, 4.69) is 0 Å². The van der Waals surface area contributed by atoms with Crippen LogP contribution in [0.25, 0.3) is 55.0 Å². The molecule has 0 fully saturated rings. The summed E-state index contributed by atoms with van der Waals surface area (Å²) >= 11 is 0. The molecule has 0 aliphatic carbocycles. The Morgan fingerprint density at radius 3 is 1.00 bits per heavy atom. The maximum absolute atomic E-state index is 15.1. The van der Waals surface area contributed by atoms with Crippen LogP contribution in [0.15, 0.2) is 84.9 Å². The van der Waals surface area contributed by atoms with Gasteiger partial charge in [-0.15, -0.1) is 0 Å². The first-order chi connectivity index (χ1) is 24.2. The van der Waals surface area contributed by atoms with Gasteiger partial charge in [0.05, 0.1) is 22.1 Å². The van der Waals surface area contributed by atoms with Crippen LogP contribution in [0.3, 0.4) is 0 Å². The Labute approximate surface area is 281 Å². The van der Waals surface area contributed by atoms with Gasteiger partial charge in [-0.05, 0) is 47.5 Å². The Morgan fingerprint density at radius 2 is 0.647 bits per heavy atom. The summed E-state index contributed by atoms with van der Waals surface area (Å²) in [5.74, 6) is -20.8. The molecule has 0 unspecified atom stereocenters. The fourth-order valence-corrected chi connectivity index (χ4v) is 6.95. The van der Waals surface area contributed by atoms with Crippen LogP contribution in [0.4, 0.5) is 43.9 Å². The topological polar surface area (TPSA) is 9.86 Å². The third-order valence-corrected chi connectivity index (χ3v) is 9.61. The molecule has 8 aromatic rings. The molecule has 51 heavy (non-hydrogen) atoms. The number of benzene rings is 6. The van der Waals surface area contributed by atoms with Crippen LogP contribution in [0.5, 0.6) is 0 Å². The van der Waals surface area contributed by atoms with Gasteiger partial charge in [-0.25, -0.2) is 43.9 Å². The molecule has 0 spiro atoms. The lowest BCUT2D eigenvalue weighted by molar-refractivity contribution is 0.376. The molecule has 12 heteroatoms. The Balaban J connectivity index is 1.34. The molecule has 0 saturated heterocycles. The minimum Gasteiger partial charge on any atom is -0.304 e. The highest BCUT2D eigenvalue weighted by Gasteiger charge is 2.32. The van der Waals surface area contributed by atoms with Crippen LogP contribution >= 0.6 is 0 Å². The molecular formula is C39H20F10N2. The minimum absolute atomic E-state index is 0.167. The van der Waals surface area contributed by atoms with E-state index in [-0.39, 0.29) is 22.1 Å². The van der Waals surface area contributed by atoms with E-state index in [1.807, 2.05) is 13.8 Å². The van der Waals surface area contributed by atoms with Crippen LogP contribution in [-0.2, 0) is 5.41 Å². The SMILES string of the molecule is CC(C)(c1ccc2c(c1)c1ccccc1n2-c1c(F)c(F)c(F)c(F)c1F)c1ccc2c(c1)c1ccccc1n2-c1c(F)c(F)c(F)c(F)c1F. The van der Waals surface area contributed by atoms with Crippen molar-refractivity contribution in [3.63, 3.8) is 0 Å². The number of aromatic nitrogens is 2. The van der Waals surface area contributed by atoms with Crippen molar-refractivity contribution in [1.29, 1.82) is 0 Å². The molecule has 2 nitrogen and oxygen atoms in total. The molecular weight excluding hydrogens is 686 g/mol. The molecule has 0 radical (unpaired) electrons. The number of fused-ring (bicyclic) bond motifs is 6. The molecule has 0 bridgehead atoms. The first kappa shape index (κ1) is 32.4. The van der Waals surface area contributed by atoms with Gasteiger partial charge in [0.2, 0.25) is 11.6 Å². The van der Waals surface area contributed by atoms with Gasteiger partial charge in [-0.3, -0.25) is 0 Å². The largest absolute Gasteiger partial charge is 0.304 e. The Morgan fingerprint density at radius 1 is 0.353 bits per heavy atom. The highest BCUT2D eigenvalue weighted by Crippen LogP contribution is 2.42. The zero-order valence-corrected chi connectivity index (χ0v) is 26.3. The van der Waals surface area contributed by atoms with Gasteiger partial charge < -0.3 is 9.13 Å². The summed E-state index contributed by atoms with van der Waals surface area (Å²) < 4.78 is 148. The van der Waals surface area contributed by atoms with E-state index in [1.165, 1.54) is 24.3 Å². The Bertz CT molecular complexity index is 2550. The second kappa shape index (κ2) is 11.1. The molecule has 0 amide bonds. The van der Waals surface area contributed by atoms with E-state index in [1.54, 1.807) is 60.7 Å². The normalized spacial score (nSPS) is 12.3. The maximum atomic E-state index is 15.1. The van der Waals surface area contributed by atoms with Gasteiger partial charge in [0, 0.05) is 27.0 Å². The standard InChI is InChI=1S/C39H20F10N2/c1-39(2,17-11-13-25-21(15-17)19-7-3-5-9-23(19)50(25)37-33(46)29(42)27(40)30(43)34(37)47)18-12-14-26-22(16-18)20-8-4-6-10-24(20)51(26)38-35(48)31(44)28(41)32(45)36(38)49/h3-16H,1-2H3. The predicted molar refractivity (Wildman–Crippen MR) is 173 cm³/mol. The fraction of sp³-hybridized carbons (Fsp3) is 0.0769. The summed E-state index contributed by atoms with van der Waals surface area (Å²) in [6.07, 6.45) is 0. The molecule has 0 atom stereocenters. The van der Waals surface area contributed by atoms with Crippen molar-refractivity contribution in [3.05, 3.63) is 154 Å². The molecule has 0 aliphatic heterocycles. The van der Waals surface area contributed by atoms with Crippen molar-refractivity contribution >= 4 is 43.6 Å². The predicted octanol–water partition coefficient (Wildman–Crippen LogP) is 11.6. The van der Waals surface area contributed by atoms with Crippen LogP contribution in [-0.4, -0.2) is 9.13 Å². The highest BCUT2D eigenvalue weighted by molar-refractivity contribution is 6.11. The number of para-hydroxylation sites is 2. The van der Waals surface area contributed by atoms with Crippen LogP contribution in [0.2, 0.25) is 0 Å². The molecule has 2 heterocycles. The third kappa shape index (κ3) is 4.38. The lowest BCUT2D eigenvalue weighted by Crippen LogP contribution is -2.19. The Kier molecular flexibility index (Phi) is 7.06. The monoisotopic (exact) mass is 706 g/mol. The first-order valence-electron chi connectivity index (χ1n) is 15.4. The van der Waals surface area contributed by atoms with Crippen molar-refractivity contribution in [2.75, 3.05) is 0 Å². The molecule has 0 aliphatic rings. The van der Waals surface area contributed by atoms with Gasteiger partial charge >= 0.3 is 0 Å². The molecule has 256 valence electrons. The van der Waals surface area contributed by atoms with E-state index >= 15 is 17.6 Å². The van der Waals surface area contributed by atoms with E-state index < -0.39 is 75.0 Å². The van der Waals surface area contributed by atoms with Gasteiger partial charge in [0.25, 0.3) is 0 Å². The van der Waals surface area contributed by atoms with Crippen LogP contribution in [0, 0.1) is 58.2 Å². The van der Waals surface area contributed by atoms with Gasteiger partial charge in [-0.1, -0.05) is 62.4 Å². The second-order valence-electron chi connectivity index (χ2n) is 12.6. The van der Waals surface area contributed by atoms with Crippen LogP contribution in [0.1, 0.15) is 25.0 Å².